The third-order valence-corrected chi connectivity index (χ3v) is 7.82. The fraction of sp³-hybridized carbons (Fsp3) is 0.286. The number of imide groups is 1. The van der Waals surface area contributed by atoms with Crippen molar-refractivity contribution in [1.29, 1.82) is 0 Å². The van der Waals surface area contributed by atoms with Crippen LogP contribution in [0.4, 0.5) is 0 Å². The quantitative estimate of drug-likeness (QED) is 0.570. The molecule has 0 saturated carbocycles. The van der Waals surface area contributed by atoms with E-state index in [9.17, 15) is 9.59 Å². The molecular weight excluding hydrogens is 460 g/mol. The lowest BCUT2D eigenvalue weighted by Crippen LogP contribution is -2.38. The second kappa shape index (κ2) is 7.24. The number of nitrogens with one attached hydrogen (secondary N) is 1. The van der Waals surface area contributed by atoms with Crippen molar-refractivity contribution in [1.82, 2.24) is 10.2 Å². The van der Waals surface area contributed by atoms with E-state index >= 15 is 0 Å². The number of rotatable bonds is 3. The van der Waals surface area contributed by atoms with Crippen LogP contribution in [0.15, 0.2) is 48.5 Å². The van der Waals surface area contributed by atoms with Crippen molar-refractivity contribution in [2.75, 3.05) is 13.3 Å². The lowest BCUT2D eigenvalue weighted by molar-refractivity contribution is 0.0311. The van der Waals surface area contributed by atoms with Gasteiger partial charge in [-0.2, -0.15) is 0 Å². The van der Waals surface area contributed by atoms with Crippen LogP contribution in [-0.2, 0) is 12.8 Å². The van der Waals surface area contributed by atoms with Gasteiger partial charge in [0.2, 0.25) is 13.1 Å². The first-order chi connectivity index (χ1) is 17.6. The Morgan fingerprint density at radius 1 is 0.778 bits per heavy atom. The summed E-state index contributed by atoms with van der Waals surface area (Å²) in [6.07, 6.45) is 1.55. The molecule has 8 rings (SSSR count). The van der Waals surface area contributed by atoms with E-state index in [2.05, 4.69) is 29.6 Å². The summed E-state index contributed by atoms with van der Waals surface area (Å²) in [4.78, 5) is 26.6. The fourth-order valence-corrected chi connectivity index (χ4v) is 6.11. The standard InChI is InChI=1S/C28H22N2O6/c31-27-16-3-1-2-4-17(16)28(32)30(27)6-5-26-35-24-10-15-8-20-18-11-23-22(33-13-34-23)9-14(18)7-21(29-20)19(15)12-25(24)36-26/h1-4,9-12,20-21,26,29H,5-8,13H2. The van der Waals surface area contributed by atoms with Crippen molar-refractivity contribution in [3.05, 3.63) is 81.9 Å². The first kappa shape index (κ1) is 20.2. The van der Waals surface area contributed by atoms with Crippen LogP contribution in [0.5, 0.6) is 23.0 Å². The molecule has 5 heterocycles. The molecule has 8 nitrogen and oxygen atoms in total. The maximum Gasteiger partial charge on any atom is 0.261 e. The molecule has 36 heavy (non-hydrogen) atoms. The maximum absolute atomic E-state index is 12.7. The number of benzene rings is 3. The molecule has 0 spiro atoms. The largest absolute Gasteiger partial charge is 0.454 e. The van der Waals surface area contributed by atoms with Gasteiger partial charge in [0.25, 0.3) is 11.8 Å². The Morgan fingerprint density at radius 3 is 2.00 bits per heavy atom. The third kappa shape index (κ3) is 2.85. The monoisotopic (exact) mass is 482 g/mol. The van der Waals surface area contributed by atoms with Gasteiger partial charge in [0.05, 0.1) is 11.1 Å². The molecule has 8 heteroatoms. The van der Waals surface area contributed by atoms with Crippen molar-refractivity contribution >= 4 is 11.8 Å². The van der Waals surface area contributed by atoms with Crippen molar-refractivity contribution in [2.24, 2.45) is 0 Å². The number of hydrogen-bond acceptors (Lipinski definition) is 7. The van der Waals surface area contributed by atoms with Crippen LogP contribution in [-0.4, -0.2) is 36.3 Å². The van der Waals surface area contributed by atoms with Crippen LogP contribution in [0.1, 0.15) is 61.5 Å². The van der Waals surface area contributed by atoms with Crippen LogP contribution >= 0.6 is 0 Å². The Hall–Kier alpha value is -4.04. The van der Waals surface area contributed by atoms with E-state index in [1.807, 2.05) is 0 Å². The van der Waals surface area contributed by atoms with Crippen LogP contribution < -0.4 is 24.3 Å². The number of carbonyl (C=O) groups excluding carboxylic acids is 2. The van der Waals surface area contributed by atoms with Crippen LogP contribution in [0.3, 0.4) is 0 Å². The molecule has 0 saturated heterocycles. The van der Waals surface area contributed by atoms with Gasteiger partial charge in [0.1, 0.15) is 0 Å². The molecule has 1 N–H and O–H groups in total. The Morgan fingerprint density at radius 2 is 1.33 bits per heavy atom. The van der Waals surface area contributed by atoms with Gasteiger partial charge < -0.3 is 24.3 Å². The van der Waals surface area contributed by atoms with Gasteiger partial charge in [-0.3, -0.25) is 14.5 Å². The molecule has 2 amide bonds. The highest BCUT2D eigenvalue weighted by Crippen LogP contribution is 2.48. The molecule has 0 fully saturated rings. The zero-order valence-corrected chi connectivity index (χ0v) is 19.3. The highest BCUT2D eigenvalue weighted by molar-refractivity contribution is 6.21. The molecule has 180 valence electrons. The van der Waals surface area contributed by atoms with Crippen molar-refractivity contribution in [2.45, 2.75) is 37.6 Å². The minimum absolute atomic E-state index is 0.179. The number of carbonyl (C=O) groups is 2. The molecule has 3 atom stereocenters. The van der Waals surface area contributed by atoms with Crippen molar-refractivity contribution < 1.29 is 28.5 Å². The highest BCUT2D eigenvalue weighted by atomic mass is 16.7. The molecule has 2 bridgehead atoms. The van der Waals surface area contributed by atoms with Gasteiger partial charge in [-0.25, -0.2) is 0 Å². The predicted molar refractivity (Wildman–Crippen MR) is 127 cm³/mol. The summed E-state index contributed by atoms with van der Waals surface area (Å²) in [6, 6.07) is 15.7. The summed E-state index contributed by atoms with van der Waals surface area (Å²) in [5.74, 6) is 2.53. The second-order valence-electron chi connectivity index (χ2n) is 9.84. The van der Waals surface area contributed by atoms with Gasteiger partial charge in [-0.15, -0.1) is 0 Å². The number of amides is 2. The summed E-state index contributed by atoms with van der Waals surface area (Å²) in [7, 11) is 0. The number of ether oxygens (including phenoxy) is 4. The first-order valence-electron chi connectivity index (χ1n) is 12.3. The van der Waals surface area contributed by atoms with Crippen molar-refractivity contribution in [3.63, 3.8) is 0 Å². The van der Waals surface area contributed by atoms with E-state index in [1.54, 1.807) is 24.3 Å². The summed E-state index contributed by atoms with van der Waals surface area (Å²) in [5.41, 5.74) is 5.92. The Bertz CT molecular complexity index is 1450. The summed E-state index contributed by atoms with van der Waals surface area (Å²) >= 11 is 0. The average molecular weight is 482 g/mol. The Balaban J connectivity index is 1.01. The molecule has 3 unspecified atom stereocenters. The SMILES string of the molecule is O=C1c2ccccc2C(=O)N1CCC1Oc2cc3c(cc2O1)C1Cc2cc4c(cc2C(C3)N1)OCO4. The Labute approximate surface area is 206 Å². The minimum Gasteiger partial charge on any atom is -0.454 e. The van der Waals surface area contributed by atoms with Crippen molar-refractivity contribution in [3.8, 4) is 23.0 Å². The smallest absolute Gasteiger partial charge is 0.261 e. The zero-order valence-electron chi connectivity index (χ0n) is 19.3. The average Bonchev–Trinajstić information content (AvgIpc) is 3.57. The van der Waals surface area contributed by atoms with E-state index in [1.165, 1.54) is 27.2 Å². The fourth-order valence-electron chi connectivity index (χ4n) is 6.11. The first-order valence-corrected chi connectivity index (χ1v) is 12.3. The molecule has 5 aliphatic rings. The molecule has 5 aliphatic heterocycles. The summed E-state index contributed by atoms with van der Waals surface area (Å²) < 4.78 is 23.4. The number of nitrogens with zero attached hydrogens (tertiary/aromatic N) is 1. The van der Waals surface area contributed by atoms with Gasteiger partial charge in [0, 0.05) is 25.0 Å². The molecule has 0 aromatic heterocycles. The maximum atomic E-state index is 12.7. The number of hydrogen-bond donors (Lipinski definition) is 1. The number of fused-ring (bicyclic) bond motifs is 9. The topological polar surface area (TPSA) is 86.3 Å². The van der Waals surface area contributed by atoms with Crippen LogP contribution in [0.2, 0.25) is 0 Å². The molecular formula is C28H22N2O6. The van der Waals surface area contributed by atoms with Gasteiger partial charge in [0.15, 0.2) is 23.0 Å². The second-order valence-corrected chi connectivity index (χ2v) is 9.84. The van der Waals surface area contributed by atoms with E-state index in [4.69, 9.17) is 18.9 Å². The lowest BCUT2D eigenvalue weighted by atomic mass is 9.78. The van der Waals surface area contributed by atoms with Gasteiger partial charge in [-0.05, 0) is 71.5 Å². The molecule has 3 aromatic rings. The molecule has 3 aromatic carbocycles. The normalized spacial score (nSPS) is 24.0. The van der Waals surface area contributed by atoms with Gasteiger partial charge >= 0.3 is 0 Å². The summed E-state index contributed by atoms with van der Waals surface area (Å²) in [5, 5.41) is 3.77. The lowest BCUT2D eigenvalue weighted by Gasteiger charge is -2.39. The zero-order chi connectivity index (χ0) is 24.0. The van der Waals surface area contributed by atoms with Crippen LogP contribution in [0.25, 0.3) is 0 Å². The Kier molecular flexibility index (Phi) is 4.06. The minimum atomic E-state index is -0.546. The van der Waals surface area contributed by atoms with E-state index < -0.39 is 6.29 Å². The van der Waals surface area contributed by atoms with Crippen LogP contribution in [0, 0.1) is 0 Å². The van der Waals surface area contributed by atoms with E-state index in [0.717, 1.165) is 24.3 Å². The highest BCUT2D eigenvalue weighted by Gasteiger charge is 2.39. The summed E-state index contributed by atoms with van der Waals surface area (Å²) in [6.45, 7) is 0.511. The van der Waals surface area contributed by atoms with E-state index in [0.29, 0.717) is 29.0 Å². The predicted octanol–water partition coefficient (Wildman–Crippen LogP) is 3.68. The van der Waals surface area contributed by atoms with Gasteiger partial charge in [-0.1, -0.05) is 12.1 Å². The molecule has 0 aliphatic carbocycles. The van der Waals surface area contributed by atoms with E-state index in [-0.39, 0.29) is 37.2 Å². The third-order valence-electron chi connectivity index (χ3n) is 7.82. The molecule has 0 radical (unpaired) electrons.